The van der Waals surface area contributed by atoms with Crippen LogP contribution in [-0.2, 0) is 19.5 Å². The molecule has 0 bridgehead atoms. The SMILES string of the molecule is COC1COCC1S(=O)(=O)N1C[C@@H](CN)[C@H](c2ccccc2)C1. The zero-order valence-electron chi connectivity index (χ0n) is 13.3. The van der Waals surface area contributed by atoms with E-state index in [1.807, 2.05) is 30.3 Å². The second-order valence-corrected chi connectivity index (χ2v) is 8.38. The van der Waals surface area contributed by atoms with Gasteiger partial charge in [-0.25, -0.2) is 12.7 Å². The minimum atomic E-state index is -3.46. The van der Waals surface area contributed by atoms with E-state index < -0.39 is 21.4 Å². The third-order valence-corrected chi connectivity index (χ3v) is 7.18. The van der Waals surface area contributed by atoms with Crippen LogP contribution >= 0.6 is 0 Å². The molecule has 2 saturated heterocycles. The molecule has 2 fully saturated rings. The van der Waals surface area contributed by atoms with Gasteiger partial charge < -0.3 is 15.2 Å². The molecule has 2 aliphatic heterocycles. The molecule has 2 unspecified atom stereocenters. The highest BCUT2D eigenvalue weighted by molar-refractivity contribution is 7.89. The van der Waals surface area contributed by atoms with Crippen LogP contribution in [0.25, 0.3) is 0 Å². The van der Waals surface area contributed by atoms with Gasteiger partial charge in [0.05, 0.1) is 13.2 Å². The zero-order chi connectivity index (χ0) is 16.4. The van der Waals surface area contributed by atoms with Gasteiger partial charge in [-0.15, -0.1) is 0 Å². The highest BCUT2D eigenvalue weighted by atomic mass is 32.2. The van der Waals surface area contributed by atoms with Crippen molar-refractivity contribution in [2.45, 2.75) is 17.3 Å². The van der Waals surface area contributed by atoms with Gasteiger partial charge in [0.1, 0.15) is 11.4 Å². The maximum Gasteiger partial charge on any atom is 0.221 e. The van der Waals surface area contributed by atoms with Crippen molar-refractivity contribution in [3.8, 4) is 0 Å². The second-order valence-electron chi connectivity index (χ2n) is 6.22. The number of ether oxygens (including phenoxy) is 2. The number of nitrogens with zero attached hydrogens (tertiary/aromatic N) is 1. The Labute approximate surface area is 137 Å². The van der Waals surface area contributed by atoms with Crippen molar-refractivity contribution >= 4 is 10.0 Å². The predicted molar refractivity (Wildman–Crippen MR) is 87.6 cm³/mol. The summed E-state index contributed by atoms with van der Waals surface area (Å²) < 4.78 is 38.1. The fourth-order valence-electron chi connectivity index (χ4n) is 3.56. The molecule has 4 atom stereocenters. The van der Waals surface area contributed by atoms with Crippen LogP contribution in [-0.4, -0.2) is 64.0 Å². The molecule has 0 aromatic heterocycles. The monoisotopic (exact) mass is 340 g/mol. The van der Waals surface area contributed by atoms with E-state index in [0.29, 0.717) is 26.2 Å². The van der Waals surface area contributed by atoms with Crippen LogP contribution in [0.2, 0.25) is 0 Å². The Morgan fingerprint density at radius 3 is 2.65 bits per heavy atom. The number of hydrogen-bond acceptors (Lipinski definition) is 5. The maximum absolute atomic E-state index is 13.0. The maximum atomic E-state index is 13.0. The standard InChI is InChI=1S/C16H24N2O4S/c1-21-15-10-22-11-16(15)23(19,20)18-8-13(7-17)14(9-18)12-5-3-2-4-6-12/h2-6,13-16H,7-11,17H2,1H3/t13-,14+,15?,16?/m1/s1. The molecule has 6 nitrogen and oxygen atoms in total. The van der Waals surface area contributed by atoms with Gasteiger partial charge in [0.15, 0.2) is 0 Å². The summed E-state index contributed by atoms with van der Waals surface area (Å²) in [6, 6.07) is 10.0. The molecule has 0 aliphatic carbocycles. The Hall–Kier alpha value is -0.990. The molecule has 2 aliphatic rings. The third-order valence-electron chi connectivity index (χ3n) is 4.96. The van der Waals surface area contributed by atoms with E-state index >= 15 is 0 Å². The van der Waals surface area contributed by atoms with Gasteiger partial charge in [0.25, 0.3) is 0 Å². The largest absolute Gasteiger partial charge is 0.378 e. The summed E-state index contributed by atoms with van der Waals surface area (Å²) in [5.41, 5.74) is 7.05. The zero-order valence-corrected chi connectivity index (χ0v) is 14.1. The molecule has 1 aromatic rings. The average molecular weight is 340 g/mol. The highest BCUT2D eigenvalue weighted by Crippen LogP contribution is 2.35. The first-order valence-corrected chi connectivity index (χ1v) is 9.42. The van der Waals surface area contributed by atoms with Crippen molar-refractivity contribution in [3.05, 3.63) is 35.9 Å². The molecule has 128 valence electrons. The van der Waals surface area contributed by atoms with Gasteiger partial charge in [-0.1, -0.05) is 30.3 Å². The van der Waals surface area contributed by atoms with Crippen molar-refractivity contribution < 1.29 is 17.9 Å². The summed E-state index contributed by atoms with van der Waals surface area (Å²) >= 11 is 0. The van der Waals surface area contributed by atoms with E-state index in [4.69, 9.17) is 15.2 Å². The number of rotatable bonds is 5. The fourth-order valence-corrected chi connectivity index (χ4v) is 5.55. The van der Waals surface area contributed by atoms with Crippen LogP contribution in [0.15, 0.2) is 30.3 Å². The van der Waals surface area contributed by atoms with Crippen LogP contribution in [0.4, 0.5) is 0 Å². The molecule has 2 heterocycles. The Bertz CT molecular complexity index is 622. The molecule has 0 saturated carbocycles. The van der Waals surface area contributed by atoms with E-state index in [1.165, 1.54) is 7.11 Å². The topological polar surface area (TPSA) is 81.9 Å². The van der Waals surface area contributed by atoms with Crippen LogP contribution in [0.3, 0.4) is 0 Å². The number of hydrogen-bond donors (Lipinski definition) is 1. The van der Waals surface area contributed by atoms with Gasteiger partial charge in [0, 0.05) is 26.1 Å². The van der Waals surface area contributed by atoms with E-state index in [9.17, 15) is 8.42 Å². The van der Waals surface area contributed by atoms with E-state index in [2.05, 4.69) is 0 Å². The molecule has 0 radical (unpaired) electrons. The molecule has 0 amide bonds. The van der Waals surface area contributed by atoms with Crippen molar-refractivity contribution in [1.29, 1.82) is 0 Å². The van der Waals surface area contributed by atoms with E-state index in [-0.39, 0.29) is 18.4 Å². The molecule has 3 rings (SSSR count). The molecule has 2 N–H and O–H groups in total. The van der Waals surface area contributed by atoms with Crippen LogP contribution in [0, 0.1) is 5.92 Å². The Kier molecular flexibility index (Phi) is 5.03. The lowest BCUT2D eigenvalue weighted by Crippen LogP contribution is -2.44. The summed E-state index contributed by atoms with van der Waals surface area (Å²) in [5, 5.41) is -0.625. The van der Waals surface area contributed by atoms with Crippen molar-refractivity contribution in [2.24, 2.45) is 11.7 Å². The summed E-state index contributed by atoms with van der Waals surface area (Å²) in [6.07, 6.45) is -0.396. The lowest BCUT2D eigenvalue weighted by atomic mass is 9.89. The minimum Gasteiger partial charge on any atom is -0.378 e. The van der Waals surface area contributed by atoms with Gasteiger partial charge in [-0.05, 0) is 18.0 Å². The lowest BCUT2D eigenvalue weighted by molar-refractivity contribution is 0.0825. The summed E-state index contributed by atoms with van der Waals surface area (Å²) in [7, 11) is -1.93. The minimum absolute atomic E-state index is 0.135. The average Bonchev–Trinajstić information content (AvgIpc) is 3.22. The molecule has 7 heteroatoms. The first-order chi connectivity index (χ1) is 11.1. The predicted octanol–water partition coefficient (Wildman–Crippen LogP) is 0.404. The fraction of sp³-hybridized carbons (Fsp3) is 0.625. The number of sulfonamides is 1. The van der Waals surface area contributed by atoms with E-state index in [0.717, 1.165) is 5.56 Å². The van der Waals surface area contributed by atoms with Gasteiger partial charge in [-0.3, -0.25) is 0 Å². The Morgan fingerprint density at radius 1 is 1.26 bits per heavy atom. The number of benzene rings is 1. The van der Waals surface area contributed by atoms with Gasteiger partial charge >= 0.3 is 0 Å². The van der Waals surface area contributed by atoms with Crippen LogP contribution in [0.5, 0.6) is 0 Å². The summed E-state index contributed by atoms with van der Waals surface area (Å²) in [5.74, 6) is 0.273. The lowest BCUT2D eigenvalue weighted by Gasteiger charge is -2.23. The second kappa shape index (κ2) is 6.86. The van der Waals surface area contributed by atoms with Crippen LogP contribution in [0.1, 0.15) is 11.5 Å². The van der Waals surface area contributed by atoms with Crippen molar-refractivity contribution in [2.75, 3.05) is 40.0 Å². The molecular weight excluding hydrogens is 316 g/mol. The van der Waals surface area contributed by atoms with Gasteiger partial charge in [0.2, 0.25) is 10.0 Å². The summed E-state index contributed by atoms with van der Waals surface area (Å²) in [4.78, 5) is 0. The van der Waals surface area contributed by atoms with Gasteiger partial charge in [-0.2, -0.15) is 0 Å². The first-order valence-electron chi connectivity index (χ1n) is 7.92. The van der Waals surface area contributed by atoms with Crippen molar-refractivity contribution in [1.82, 2.24) is 4.31 Å². The first kappa shape index (κ1) is 16.9. The number of nitrogens with two attached hydrogens (primary N) is 1. The van der Waals surface area contributed by atoms with Crippen LogP contribution < -0.4 is 5.73 Å². The summed E-state index contributed by atoms with van der Waals surface area (Å²) in [6.45, 7) is 1.93. The smallest absolute Gasteiger partial charge is 0.221 e. The molecule has 1 aromatic carbocycles. The highest BCUT2D eigenvalue weighted by Gasteiger charge is 2.46. The third kappa shape index (κ3) is 3.16. The Balaban J connectivity index is 1.81. The Morgan fingerprint density at radius 2 is 2.00 bits per heavy atom. The quantitative estimate of drug-likeness (QED) is 0.839. The van der Waals surface area contributed by atoms with Crippen molar-refractivity contribution in [3.63, 3.8) is 0 Å². The van der Waals surface area contributed by atoms with E-state index in [1.54, 1.807) is 4.31 Å². The molecule has 23 heavy (non-hydrogen) atoms. The molecular formula is C16H24N2O4S. The number of methoxy groups -OCH3 is 1. The normalized spacial score (nSPS) is 32.4. The molecule has 0 spiro atoms.